The van der Waals surface area contributed by atoms with Gasteiger partial charge in [0.2, 0.25) is 5.91 Å². The molecule has 0 spiro atoms. The molecule has 0 bridgehead atoms. The Morgan fingerprint density at radius 1 is 0.765 bits per heavy atom. The van der Waals surface area contributed by atoms with E-state index in [0.717, 1.165) is 19.3 Å². The van der Waals surface area contributed by atoms with Crippen molar-refractivity contribution in [1.82, 2.24) is 10.2 Å². The van der Waals surface area contributed by atoms with Crippen molar-refractivity contribution < 1.29 is 29.3 Å². The molecular weight excluding hydrogens is 436 g/mol. The van der Waals surface area contributed by atoms with E-state index >= 15 is 0 Å². The monoisotopic (exact) mass is 486 g/mol. The summed E-state index contributed by atoms with van der Waals surface area (Å²) in [6.07, 6.45) is 19.1. The second-order valence-corrected chi connectivity index (χ2v) is 9.22. The van der Waals surface area contributed by atoms with Crippen molar-refractivity contribution in [3.05, 3.63) is 0 Å². The average molecular weight is 487 g/mol. The van der Waals surface area contributed by atoms with E-state index in [1.54, 1.807) is 6.92 Å². The molecule has 0 saturated heterocycles. The second kappa shape index (κ2) is 23.1. The summed E-state index contributed by atoms with van der Waals surface area (Å²) in [6.45, 7) is 3.65. The van der Waals surface area contributed by atoms with Gasteiger partial charge in [-0.15, -0.1) is 0 Å². The van der Waals surface area contributed by atoms with Crippen molar-refractivity contribution in [2.75, 3.05) is 26.2 Å². The van der Waals surface area contributed by atoms with E-state index < -0.39 is 24.8 Å². The maximum atomic E-state index is 12.0. The maximum absolute atomic E-state index is 12.0. The fourth-order valence-electron chi connectivity index (χ4n) is 3.94. The van der Waals surface area contributed by atoms with Crippen LogP contribution in [0.2, 0.25) is 0 Å². The van der Waals surface area contributed by atoms with Gasteiger partial charge in [0.15, 0.2) is 0 Å². The summed E-state index contributed by atoms with van der Waals surface area (Å²) in [6, 6.07) is 0. The average Bonchev–Trinajstić information content (AvgIpc) is 2.79. The van der Waals surface area contributed by atoms with Crippen LogP contribution in [-0.2, 0) is 19.1 Å². The number of ether oxygens (including phenoxy) is 1. The molecule has 0 aliphatic rings. The molecule has 0 aromatic rings. The SMILES string of the molecule is CCCCCCCCCCCCCCCCCC(=O)NCCN(CC(=O)O)C(C)OCC(=O)O. The first-order valence-corrected chi connectivity index (χ1v) is 13.4. The molecule has 0 aliphatic heterocycles. The van der Waals surface area contributed by atoms with Crippen LogP contribution in [0.25, 0.3) is 0 Å². The van der Waals surface area contributed by atoms with Crippen molar-refractivity contribution in [3.63, 3.8) is 0 Å². The number of aliphatic carboxylic acids is 2. The Balaban J connectivity index is 3.63. The van der Waals surface area contributed by atoms with E-state index in [4.69, 9.17) is 14.9 Å². The molecule has 0 fully saturated rings. The number of hydrogen-bond acceptors (Lipinski definition) is 5. The summed E-state index contributed by atoms with van der Waals surface area (Å²) in [5.41, 5.74) is 0. The molecule has 1 atom stereocenters. The van der Waals surface area contributed by atoms with Gasteiger partial charge in [0, 0.05) is 19.5 Å². The number of unbranched alkanes of at least 4 members (excludes halogenated alkanes) is 14. The minimum Gasteiger partial charge on any atom is -0.480 e. The molecular formula is C26H50N2O6. The molecule has 8 heteroatoms. The van der Waals surface area contributed by atoms with Crippen LogP contribution in [-0.4, -0.2) is 65.4 Å². The maximum Gasteiger partial charge on any atom is 0.329 e. The third-order valence-electron chi connectivity index (χ3n) is 6.03. The molecule has 0 saturated carbocycles. The molecule has 0 heterocycles. The summed E-state index contributed by atoms with van der Waals surface area (Å²) in [5, 5.41) is 20.5. The fourth-order valence-corrected chi connectivity index (χ4v) is 3.94. The summed E-state index contributed by atoms with van der Waals surface area (Å²) < 4.78 is 5.13. The summed E-state index contributed by atoms with van der Waals surface area (Å²) in [7, 11) is 0. The van der Waals surface area contributed by atoms with Gasteiger partial charge in [0.1, 0.15) is 12.8 Å². The van der Waals surface area contributed by atoms with E-state index in [-0.39, 0.29) is 19.0 Å². The van der Waals surface area contributed by atoms with E-state index in [9.17, 15) is 14.4 Å². The van der Waals surface area contributed by atoms with Crippen LogP contribution < -0.4 is 5.32 Å². The Bertz CT molecular complexity index is 529. The predicted molar refractivity (Wildman–Crippen MR) is 135 cm³/mol. The van der Waals surface area contributed by atoms with E-state index in [0.29, 0.717) is 13.0 Å². The molecule has 0 aromatic carbocycles. The molecule has 0 rings (SSSR count). The number of amides is 1. The van der Waals surface area contributed by atoms with Gasteiger partial charge in [-0.25, -0.2) is 4.79 Å². The third kappa shape index (κ3) is 22.1. The first-order valence-electron chi connectivity index (χ1n) is 13.4. The fraction of sp³-hybridized carbons (Fsp3) is 0.885. The molecule has 0 radical (unpaired) electrons. The lowest BCUT2D eigenvalue weighted by Crippen LogP contribution is -2.44. The summed E-state index contributed by atoms with van der Waals surface area (Å²) >= 11 is 0. The molecule has 34 heavy (non-hydrogen) atoms. The summed E-state index contributed by atoms with van der Waals surface area (Å²) in [5.74, 6) is -2.18. The zero-order valence-corrected chi connectivity index (χ0v) is 21.7. The number of carboxylic acid groups (broad SMARTS) is 2. The zero-order chi connectivity index (χ0) is 25.4. The van der Waals surface area contributed by atoms with Gasteiger partial charge in [0.25, 0.3) is 0 Å². The highest BCUT2D eigenvalue weighted by molar-refractivity contribution is 5.75. The quantitative estimate of drug-likeness (QED) is 0.120. The van der Waals surface area contributed by atoms with Crippen molar-refractivity contribution in [2.45, 2.75) is 123 Å². The van der Waals surface area contributed by atoms with Crippen molar-refractivity contribution in [1.29, 1.82) is 0 Å². The van der Waals surface area contributed by atoms with Crippen molar-refractivity contribution >= 4 is 17.8 Å². The van der Waals surface area contributed by atoms with E-state index in [2.05, 4.69) is 12.2 Å². The zero-order valence-electron chi connectivity index (χ0n) is 21.7. The van der Waals surface area contributed by atoms with Gasteiger partial charge in [-0.3, -0.25) is 14.5 Å². The first-order chi connectivity index (χ1) is 16.4. The lowest BCUT2D eigenvalue weighted by molar-refractivity contribution is -0.151. The van der Waals surface area contributed by atoms with Crippen LogP contribution in [0.15, 0.2) is 0 Å². The first kappa shape index (κ1) is 32.3. The third-order valence-corrected chi connectivity index (χ3v) is 6.03. The highest BCUT2D eigenvalue weighted by atomic mass is 16.5. The lowest BCUT2D eigenvalue weighted by atomic mass is 10.0. The van der Waals surface area contributed by atoms with Gasteiger partial charge in [0.05, 0.1) is 6.54 Å². The Kier molecular flexibility index (Phi) is 22.0. The van der Waals surface area contributed by atoms with Gasteiger partial charge < -0.3 is 20.3 Å². The largest absolute Gasteiger partial charge is 0.480 e. The minimum atomic E-state index is -1.11. The molecule has 200 valence electrons. The number of carbonyl (C=O) groups excluding carboxylic acids is 1. The normalized spacial score (nSPS) is 12.1. The van der Waals surface area contributed by atoms with Gasteiger partial charge >= 0.3 is 11.9 Å². The standard InChI is InChI=1S/C26H50N2O6/c1-3-4-5-6-7-8-9-10-11-12-13-14-15-16-17-18-24(29)27-19-20-28(21-25(30)31)23(2)34-22-26(32)33/h23H,3-22H2,1-2H3,(H,27,29)(H,30,31)(H,32,33). The number of carbonyl (C=O) groups is 3. The highest BCUT2D eigenvalue weighted by Gasteiger charge is 2.18. The van der Waals surface area contributed by atoms with Crippen molar-refractivity contribution in [3.8, 4) is 0 Å². The molecule has 1 unspecified atom stereocenters. The van der Waals surface area contributed by atoms with Crippen LogP contribution >= 0.6 is 0 Å². The lowest BCUT2D eigenvalue weighted by Gasteiger charge is -2.27. The van der Waals surface area contributed by atoms with Crippen LogP contribution in [0.3, 0.4) is 0 Å². The summed E-state index contributed by atoms with van der Waals surface area (Å²) in [4.78, 5) is 35.1. The van der Waals surface area contributed by atoms with Crippen LogP contribution in [0, 0.1) is 0 Å². The Labute approximate surface area is 206 Å². The topological polar surface area (TPSA) is 116 Å². The molecule has 3 N–H and O–H groups in total. The number of hydrogen-bond donors (Lipinski definition) is 3. The molecule has 0 aromatic heterocycles. The molecule has 8 nitrogen and oxygen atoms in total. The van der Waals surface area contributed by atoms with Gasteiger partial charge in [-0.05, 0) is 13.3 Å². The number of carboxylic acids is 2. The van der Waals surface area contributed by atoms with Gasteiger partial charge in [-0.1, -0.05) is 96.8 Å². The number of nitrogens with zero attached hydrogens (tertiary/aromatic N) is 1. The Morgan fingerprint density at radius 3 is 1.68 bits per heavy atom. The Hall–Kier alpha value is -1.67. The second-order valence-electron chi connectivity index (χ2n) is 9.22. The predicted octanol–water partition coefficient (Wildman–Crippen LogP) is 5.20. The number of nitrogens with one attached hydrogen (secondary N) is 1. The van der Waals surface area contributed by atoms with Crippen LogP contribution in [0.5, 0.6) is 0 Å². The van der Waals surface area contributed by atoms with Crippen LogP contribution in [0.4, 0.5) is 0 Å². The van der Waals surface area contributed by atoms with E-state index in [1.807, 2.05) is 0 Å². The molecule has 0 aliphatic carbocycles. The van der Waals surface area contributed by atoms with Gasteiger partial charge in [-0.2, -0.15) is 0 Å². The minimum absolute atomic E-state index is 0.0379. The van der Waals surface area contributed by atoms with Crippen LogP contribution in [0.1, 0.15) is 117 Å². The van der Waals surface area contributed by atoms with E-state index in [1.165, 1.54) is 81.9 Å². The number of rotatable bonds is 25. The van der Waals surface area contributed by atoms with Crippen molar-refractivity contribution in [2.24, 2.45) is 0 Å². The smallest absolute Gasteiger partial charge is 0.329 e. The molecule has 1 amide bonds. The Morgan fingerprint density at radius 2 is 1.24 bits per heavy atom. The highest BCUT2D eigenvalue weighted by Crippen LogP contribution is 2.13.